The van der Waals surface area contributed by atoms with Crippen LogP contribution in [-0.2, 0) is 4.79 Å². The molecule has 0 saturated heterocycles. The van der Waals surface area contributed by atoms with Crippen molar-refractivity contribution < 1.29 is 4.79 Å². The number of carbonyl (C=O) groups excluding carboxylic acids is 1. The van der Waals surface area contributed by atoms with Crippen LogP contribution in [0.1, 0.15) is 38.6 Å². The van der Waals surface area contributed by atoms with Crippen LogP contribution in [0.25, 0.3) is 0 Å². The van der Waals surface area contributed by atoms with Gasteiger partial charge in [0.25, 0.3) is 0 Å². The molecular formula is C12H18N4OS. The van der Waals surface area contributed by atoms with Crippen LogP contribution >= 0.6 is 11.8 Å². The Morgan fingerprint density at radius 2 is 2.28 bits per heavy atom. The fourth-order valence-corrected chi connectivity index (χ4v) is 3.04. The zero-order valence-corrected chi connectivity index (χ0v) is 11.4. The van der Waals surface area contributed by atoms with Gasteiger partial charge in [0.1, 0.15) is 6.33 Å². The molecular weight excluding hydrogens is 248 g/mol. The van der Waals surface area contributed by atoms with Crippen molar-refractivity contribution >= 4 is 17.7 Å². The number of carbonyl (C=O) groups is 1. The maximum atomic E-state index is 12.1. The third-order valence-electron chi connectivity index (χ3n) is 3.45. The zero-order chi connectivity index (χ0) is 12.5. The molecule has 0 aromatic carbocycles. The van der Waals surface area contributed by atoms with Gasteiger partial charge in [-0.15, -0.1) is 10.2 Å². The first-order valence-electron chi connectivity index (χ1n) is 6.61. The van der Waals surface area contributed by atoms with Gasteiger partial charge in [0.05, 0.1) is 5.75 Å². The van der Waals surface area contributed by atoms with E-state index in [1.54, 1.807) is 6.33 Å². The van der Waals surface area contributed by atoms with Gasteiger partial charge in [0, 0.05) is 18.6 Å². The molecule has 3 rings (SSSR count). The van der Waals surface area contributed by atoms with Gasteiger partial charge in [-0.1, -0.05) is 11.8 Å². The van der Waals surface area contributed by atoms with Gasteiger partial charge in [-0.05, 0) is 32.6 Å². The average molecular weight is 266 g/mol. The van der Waals surface area contributed by atoms with E-state index in [1.807, 2.05) is 11.8 Å². The van der Waals surface area contributed by atoms with Crippen molar-refractivity contribution in [3.8, 4) is 0 Å². The van der Waals surface area contributed by atoms with Crippen LogP contribution in [0.3, 0.4) is 0 Å². The molecule has 6 heteroatoms. The molecule has 0 radical (unpaired) electrons. The normalized spacial score (nSPS) is 18.9. The molecule has 1 aromatic rings. The molecule has 2 fully saturated rings. The second-order valence-electron chi connectivity index (χ2n) is 4.95. The number of hydrogen-bond acceptors (Lipinski definition) is 4. The summed E-state index contributed by atoms with van der Waals surface area (Å²) in [5.74, 6) is 0.714. The summed E-state index contributed by atoms with van der Waals surface area (Å²) in [6.45, 7) is 2.87. The minimum absolute atomic E-state index is 0.232. The summed E-state index contributed by atoms with van der Waals surface area (Å²) in [7, 11) is 0. The summed E-state index contributed by atoms with van der Waals surface area (Å²) in [4.78, 5) is 14.1. The Morgan fingerprint density at radius 3 is 2.89 bits per heavy atom. The number of amides is 1. The summed E-state index contributed by atoms with van der Waals surface area (Å²) in [5, 5.41) is 8.93. The minimum Gasteiger partial charge on any atom is -0.339 e. The molecule has 2 saturated carbocycles. The van der Waals surface area contributed by atoms with Crippen LogP contribution in [-0.4, -0.2) is 43.9 Å². The monoisotopic (exact) mass is 266 g/mol. The second-order valence-corrected chi connectivity index (χ2v) is 5.89. The molecule has 1 heterocycles. The molecule has 5 nitrogen and oxygen atoms in total. The number of thioether (sulfide) groups is 1. The maximum Gasteiger partial charge on any atom is 0.233 e. The standard InChI is InChI=1S/C12H18N4OS/c1-2-15(9-3-4-9)11(17)7-18-12-14-13-8-16(12)10-5-6-10/h8-10H,2-7H2,1H3. The summed E-state index contributed by atoms with van der Waals surface area (Å²) in [6, 6.07) is 1.08. The van der Waals surface area contributed by atoms with Crippen molar-refractivity contribution in [3.05, 3.63) is 6.33 Å². The number of aromatic nitrogens is 3. The van der Waals surface area contributed by atoms with Crippen LogP contribution in [0.2, 0.25) is 0 Å². The number of hydrogen-bond donors (Lipinski definition) is 0. The molecule has 2 aliphatic rings. The molecule has 1 amide bonds. The molecule has 18 heavy (non-hydrogen) atoms. The van der Waals surface area contributed by atoms with E-state index < -0.39 is 0 Å². The van der Waals surface area contributed by atoms with Crippen molar-refractivity contribution in [1.29, 1.82) is 0 Å². The van der Waals surface area contributed by atoms with E-state index in [0.29, 0.717) is 17.8 Å². The van der Waals surface area contributed by atoms with Crippen molar-refractivity contribution in [1.82, 2.24) is 19.7 Å². The smallest absolute Gasteiger partial charge is 0.233 e. The highest BCUT2D eigenvalue weighted by Gasteiger charge is 2.32. The molecule has 0 unspecified atom stereocenters. The Hall–Kier alpha value is -1.04. The first-order chi connectivity index (χ1) is 8.79. The summed E-state index contributed by atoms with van der Waals surface area (Å²) < 4.78 is 2.10. The highest BCUT2D eigenvalue weighted by atomic mass is 32.2. The Morgan fingerprint density at radius 1 is 1.50 bits per heavy atom. The van der Waals surface area contributed by atoms with Crippen molar-refractivity contribution in [3.63, 3.8) is 0 Å². The van der Waals surface area contributed by atoms with Crippen LogP contribution in [0.5, 0.6) is 0 Å². The van der Waals surface area contributed by atoms with Crippen LogP contribution in [0.15, 0.2) is 11.5 Å². The Kier molecular flexibility index (Phi) is 3.28. The van der Waals surface area contributed by atoms with Crippen molar-refractivity contribution in [2.45, 2.75) is 49.8 Å². The van der Waals surface area contributed by atoms with E-state index in [1.165, 1.54) is 37.4 Å². The molecule has 2 aliphatic carbocycles. The molecule has 0 atom stereocenters. The highest BCUT2D eigenvalue weighted by Crippen LogP contribution is 2.37. The second kappa shape index (κ2) is 4.91. The molecule has 1 aromatic heterocycles. The molecule has 0 aliphatic heterocycles. The largest absolute Gasteiger partial charge is 0.339 e. The first kappa shape index (κ1) is 12.0. The lowest BCUT2D eigenvalue weighted by atomic mass is 10.4. The average Bonchev–Trinajstić information content (AvgIpc) is 3.28. The number of rotatable bonds is 6. The van der Waals surface area contributed by atoms with Gasteiger partial charge in [0.2, 0.25) is 5.91 Å². The van der Waals surface area contributed by atoms with Gasteiger partial charge in [-0.25, -0.2) is 0 Å². The van der Waals surface area contributed by atoms with Gasteiger partial charge >= 0.3 is 0 Å². The van der Waals surface area contributed by atoms with E-state index in [9.17, 15) is 4.79 Å². The topological polar surface area (TPSA) is 51.0 Å². The molecule has 0 spiro atoms. The zero-order valence-electron chi connectivity index (χ0n) is 10.6. The lowest BCUT2D eigenvalue weighted by molar-refractivity contribution is -0.128. The minimum atomic E-state index is 0.232. The Balaban J connectivity index is 1.56. The van der Waals surface area contributed by atoms with E-state index in [0.717, 1.165) is 11.7 Å². The lowest BCUT2D eigenvalue weighted by Gasteiger charge is -2.19. The predicted octanol–water partition coefficient (Wildman–Crippen LogP) is 1.72. The SMILES string of the molecule is CCN(C(=O)CSc1nncn1C1CC1)C1CC1. The van der Waals surface area contributed by atoms with Crippen molar-refractivity contribution in [2.75, 3.05) is 12.3 Å². The van der Waals surface area contributed by atoms with E-state index in [2.05, 4.69) is 14.8 Å². The molecule has 0 N–H and O–H groups in total. The fraction of sp³-hybridized carbons (Fsp3) is 0.750. The van der Waals surface area contributed by atoms with Gasteiger partial charge in [0.15, 0.2) is 5.16 Å². The predicted molar refractivity (Wildman–Crippen MR) is 69.4 cm³/mol. The Bertz CT molecular complexity index is 439. The molecule has 98 valence electrons. The summed E-state index contributed by atoms with van der Waals surface area (Å²) in [5.41, 5.74) is 0. The van der Waals surface area contributed by atoms with Crippen LogP contribution < -0.4 is 0 Å². The van der Waals surface area contributed by atoms with Gasteiger partial charge in [-0.2, -0.15) is 0 Å². The molecule has 0 bridgehead atoms. The van der Waals surface area contributed by atoms with Crippen molar-refractivity contribution in [2.24, 2.45) is 0 Å². The van der Waals surface area contributed by atoms with E-state index >= 15 is 0 Å². The lowest BCUT2D eigenvalue weighted by Crippen LogP contribution is -2.34. The first-order valence-corrected chi connectivity index (χ1v) is 7.60. The fourth-order valence-electron chi connectivity index (χ4n) is 2.17. The summed E-state index contributed by atoms with van der Waals surface area (Å²) >= 11 is 1.52. The maximum absolute atomic E-state index is 12.1. The van der Waals surface area contributed by atoms with E-state index in [-0.39, 0.29) is 5.91 Å². The highest BCUT2D eigenvalue weighted by molar-refractivity contribution is 7.99. The third kappa shape index (κ3) is 2.53. The van der Waals surface area contributed by atoms with Gasteiger partial charge < -0.3 is 9.47 Å². The third-order valence-corrected chi connectivity index (χ3v) is 4.40. The van der Waals surface area contributed by atoms with Crippen LogP contribution in [0.4, 0.5) is 0 Å². The quantitative estimate of drug-likeness (QED) is 0.736. The van der Waals surface area contributed by atoms with Crippen LogP contribution in [0, 0.1) is 0 Å². The van der Waals surface area contributed by atoms with Gasteiger partial charge in [-0.3, -0.25) is 4.79 Å². The Labute approximate surface area is 111 Å². The number of nitrogens with zero attached hydrogens (tertiary/aromatic N) is 4. The summed E-state index contributed by atoms with van der Waals surface area (Å²) in [6.07, 6.45) is 6.54. The van der Waals surface area contributed by atoms with E-state index in [4.69, 9.17) is 0 Å².